The van der Waals surface area contributed by atoms with Crippen molar-refractivity contribution in [3.8, 4) is 0 Å². The Balaban J connectivity index is 2.99. The van der Waals surface area contributed by atoms with Gasteiger partial charge in [0.2, 0.25) is 0 Å². The van der Waals surface area contributed by atoms with E-state index in [9.17, 15) is 9.90 Å². The molecule has 3 nitrogen and oxygen atoms in total. The van der Waals surface area contributed by atoms with Gasteiger partial charge in [0.1, 0.15) is 5.76 Å². The maximum absolute atomic E-state index is 11.2. The maximum atomic E-state index is 11.2. The number of ether oxygens (including phenoxy) is 1. The zero-order valence-corrected chi connectivity index (χ0v) is 12.0. The highest BCUT2D eigenvalue weighted by Crippen LogP contribution is 2.39. The zero-order chi connectivity index (χ0) is 12.7. The molecule has 0 aromatic rings. The molecule has 0 aliphatic carbocycles. The predicted octanol–water partition coefficient (Wildman–Crippen LogP) is 2.47. The first kappa shape index (κ1) is 13.5. The minimum absolute atomic E-state index is 0.207. The molecule has 0 amide bonds. The summed E-state index contributed by atoms with van der Waals surface area (Å²) < 4.78 is 5.12. The van der Waals surface area contributed by atoms with Crippen LogP contribution in [0.3, 0.4) is 0 Å². The molecule has 1 aliphatic heterocycles. The highest BCUT2D eigenvalue weighted by atomic mass is 28.3. The fraction of sp³-hybridized carbons (Fsp3) is 0.750. The summed E-state index contributed by atoms with van der Waals surface area (Å²) in [6, 6.07) is 0. The van der Waals surface area contributed by atoms with Gasteiger partial charge < -0.3 is 9.84 Å². The molecule has 0 spiro atoms. The Morgan fingerprint density at radius 2 is 1.88 bits per heavy atom. The summed E-state index contributed by atoms with van der Waals surface area (Å²) in [5, 5.41) is 9.74. The molecule has 0 radical (unpaired) electrons. The van der Waals surface area contributed by atoms with Crippen LogP contribution < -0.4 is 0 Å². The Kier molecular flexibility index (Phi) is 3.36. The van der Waals surface area contributed by atoms with Crippen LogP contribution in [0.1, 0.15) is 27.7 Å². The van der Waals surface area contributed by atoms with Crippen LogP contribution >= 0.6 is 0 Å². The number of hydrogen-bond acceptors (Lipinski definition) is 3. The van der Waals surface area contributed by atoms with Gasteiger partial charge in [0.05, 0.1) is 14.0 Å². The van der Waals surface area contributed by atoms with Gasteiger partial charge in [-0.05, 0) is 5.04 Å². The molecule has 0 aromatic heterocycles. The van der Waals surface area contributed by atoms with Crippen molar-refractivity contribution in [3.63, 3.8) is 0 Å². The number of cyclic esters (lactones) is 1. The van der Waals surface area contributed by atoms with Crippen LogP contribution in [-0.4, -0.2) is 25.3 Å². The standard InChI is InChI=1S/C12H22O3Si/c1-8-9(15-11(14)10(8)13)7-16(5,6)12(2,3)4/h7-8,10,13H,1-6H3/b9-7-/t8-,10+/m1/s1. The molecule has 92 valence electrons. The number of esters is 1. The molecular weight excluding hydrogens is 220 g/mol. The van der Waals surface area contributed by atoms with Crippen LogP contribution in [0, 0.1) is 5.92 Å². The van der Waals surface area contributed by atoms with Crippen LogP contribution in [0.2, 0.25) is 18.1 Å². The van der Waals surface area contributed by atoms with Gasteiger partial charge in [0, 0.05) is 0 Å². The lowest BCUT2D eigenvalue weighted by atomic mass is 10.1. The van der Waals surface area contributed by atoms with Crippen molar-refractivity contribution in [3.05, 3.63) is 11.5 Å². The second kappa shape index (κ2) is 4.00. The number of aliphatic hydroxyl groups excluding tert-OH is 1. The van der Waals surface area contributed by atoms with E-state index in [1.165, 1.54) is 0 Å². The normalized spacial score (nSPS) is 29.7. The lowest BCUT2D eigenvalue weighted by molar-refractivity contribution is -0.143. The summed E-state index contributed by atoms with van der Waals surface area (Å²) in [4.78, 5) is 11.2. The van der Waals surface area contributed by atoms with Crippen molar-refractivity contribution in [2.75, 3.05) is 0 Å². The minimum Gasteiger partial charge on any atom is -0.429 e. The Hall–Kier alpha value is -0.613. The van der Waals surface area contributed by atoms with Crippen molar-refractivity contribution in [2.45, 2.75) is 51.9 Å². The monoisotopic (exact) mass is 242 g/mol. The molecule has 1 heterocycles. The first-order valence-electron chi connectivity index (χ1n) is 5.69. The van der Waals surface area contributed by atoms with E-state index in [0.717, 1.165) is 0 Å². The average molecular weight is 242 g/mol. The molecule has 4 heteroatoms. The molecule has 1 N–H and O–H groups in total. The van der Waals surface area contributed by atoms with Crippen molar-refractivity contribution >= 4 is 14.0 Å². The van der Waals surface area contributed by atoms with Crippen LogP contribution in [0.15, 0.2) is 11.5 Å². The second-order valence-corrected chi connectivity index (χ2v) is 11.4. The summed E-state index contributed by atoms with van der Waals surface area (Å²) >= 11 is 0. The van der Waals surface area contributed by atoms with Crippen molar-refractivity contribution in [2.24, 2.45) is 5.92 Å². The number of carbonyl (C=O) groups excluding carboxylic acids is 1. The quantitative estimate of drug-likeness (QED) is 0.567. The Morgan fingerprint density at radius 1 is 1.38 bits per heavy atom. The van der Waals surface area contributed by atoms with E-state index in [-0.39, 0.29) is 11.0 Å². The molecule has 0 bridgehead atoms. The number of carbonyl (C=O) groups is 1. The molecule has 1 fully saturated rings. The number of aliphatic hydroxyl groups is 1. The van der Waals surface area contributed by atoms with Crippen molar-refractivity contribution in [1.82, 2.24) is 0 Å². The van der Waals surface area contributed by atoms with E-state index in [4.69, 9.17) is 4.74 Å². The van der Waals surface area contributed by atoms with E-state index in [1.54, 1.807) is 0 Å². The molecule has 0 aromatic carbocycles. The first-order chi connectivity index (χ1) is 7.06. The Bertz CT molecular complexity index is 326. The number of rotatable bonds is 1. The van der Waals surface area contributed by atoms with Gasteiger partial charge in [-0.15, -0.1) is 0 Å². The van der Waals surface area contributed by atoms with Gasteiger partial charge in [-0.25, -0.2) is 4.79 Å². The summed E-state index contributed by atoms with van der Waals surface area (Å²) in [5.74, 6) is -0.0665. The Morgan fingerprint density at radius 3 is 2.19 bits per heavy atom. The second-order valence-electron chi connectivity index (χ2n) is 6.17. The van der Waals surface area contributed by atoms with Gasteiger partial charge in [-0.3, -0.25) is 0 Å². The van der Waals surface area contributed by atoms with E-state index < -0.39 is 20.1 Å². The maximum Gasteiger partial charge on any atom is 0.340 e. The molecule has 16 heavy (non-hydrogen) atoms. The largest absolute Gasteiger partial charge is 0.429 e. The highest BCUT2D eigenvalue weighted by Gasteiger charge is 2.40. The van der Waals surface area contributed by atoms with E-state index in [0.29, 0.717) is 5.76 Å². The summed E-state index contributed by atoms with van der Waals surface area (Å²) in [5.41, 5.74) is 2.10. The fourth-order valence-corrected chi connectivity index (χ4v) is 2.83. The molecule has 1 rings (SSSR count). The summed E-state index contributed by atoms with van der Waals surface area (Å²) in [6.07, 6.45) is -0.990. The van der Waals surface area contributed by atoms with Crippen LogP contribution in [0.4, 0.5) is 0 Å². The van der Waals surface area contributed by atoms with Crippen molar-refractivity contribution in [1.29, 1.82) is 0 Å². The molecule has 1 aliphatic rings. The smallest absolute Gasteiger partial charge is 0.340 e. The van der Waals surface area contributed by atoms with Crippen LogP contribution in [-0.2, 0) is 9.53 Å². The lowest BCUT2D eigenvalue weighted by Gasteiger charge is -2.34. The van der Waals surface area contributed by atoms with Gasteiger partial charge in [0.15, 0.2) is 6.10 Å². The zero-order valence-electron chi connectivity index (χ0n) is 11.0. The number of hydrogen-bond donors (Lipinski definition) is 1. The Labute approximate surface area is 98.5 Å². The topological polar surface area (TPSA) is 46.5 Å². The molecule has 0 saturated carbocycles. The molecular formula is C12H22O3Si. The van der Waals surface area contributed by atoms with Gasteiger partial charge in [-0.2, -0.15) is 0 Å². The molecule has 0 unspecified atom stereocenters. The fourth-order valence-electron chi connectivity index (χ4n) is 1.36. The highest BCUT2D eigenvalue weighted by molar-refractivity contribution is 6.84. The van der Waals surface area contributed by atoms with Gasteiger partial charge in [-0.1, -0.05) is 46.5 Å². The molecule has 2 atom stereocenters. The van der Waals surface area contributed by atoms with Gasteiger partial charge >= 0.3 is 5.97 Å². The van der Waals surface area contributed by atoms with E-state index >= 15 is 0 Å². The summed E-state index contributed by atoms with van der Waals surface area (Å²) in [6.45, 7) is 12.9. The minimum atomic E-state index is -1.62. The third-order valence-corrected chi connectivity index (χ3v) is 8.69. The lowest BCUT2D eigenvalue weighted by Crippen LogP contribution is -2.35. The first-order valence-corrected chi connectivity index (χ1v) is 8.76. The SMILES string of the molecule is C[C@@H]1/C(=C/[Si](C)(C)C(C)(C)C)OC(=O)[C@H]1O. The van der Waals surface area contributed by atoms with Crippen molar-refractivity contribution < 1.29 is 14.6 Å². The average Bonchev–Trinajstić information content (AvgIpc) is 2.31. The third kappa shape index (κ3) is 2.38. The van der Waals surface area contributed by atoms with E-state index in [2.05, 4.69) is 39.6 Å². The summed E-state index contributed by atoms with van der Waals surface area (Å²) in [7, 11) is -1.62. The van der Waals surface area contributed by atoms with Crippen LogP contribution in [0.5, 0.6) is 0 Å². The van der Waals surface area contributed by atoms with Crippen LogP contribution in [0.25, 0.3) is 0 Å². The molecule has 1 saturated heterocycles. The predicted molar refractivity (Wildman–Crippen MR) is 66.5 cm³/mol. The third-order valence-electron chi connectivity index (χ3n) is 3.82. The van der Waals surface area contributed by atoms with Gasteiger partial charge in [0.25, 0.3) is 0 Å². The van der Waals surface area contributed by atoms with E-state index in [1.807, 2.05) is 6.92 Å².